The van der Waals surface area contributed by atoms with Gasteiger partial charge in [-0.15, -0.1) is 11.8 Å². The first-order chi connectivity index (χ1) is 11.2. The van der Waals surface area contributed by atoms with Gasteiger partial charge in [-0.05, 0) is 25.5 Å². The van der Waals surface area contributed by atoms with Crippen LogP contribution in [0.5, 0.6) is 0 Å². The van der Waals surface area contributed by atoms with Crippen LogP contribution in [0.1, 0.15) is 13.3 Å². The molecule has 0 spiro atoms. The van der Waals surface area contributed by atoms with Crippen LogP contribution in [-0.2, 0) is 24.2 Å². The van der Waals surface area contributed by atoms with E-state index >= 15 is 0 Å². The average Bonchev–Trinajstić information content (AvgIpc) is 2.77. The Morgan fingerprint density at radius 3 is 2.71 bits per heavy atom. The van der Waals surface area contributed by atoms with Gasteiger partial charge in [0.25, 0.3) is 5.91 Å². The number of hydrogen-bond donors (Lipinski definition) is 1. The average molecular weight is 375 g/mol. The van der Waals surface area contributed by atoms with Crippen LogP contribution in [0.2, 0.25) is 0 Å². The zero-order chi connectivity index (χ0) is 17.8. The lowest BCUT2D eigenvalue weighted by Crippen LogP contribution is -2.48. The molecule has 0 saturated carbocycles. The van der Waals surface area contributed by atoms with E-state index < -0.39 is 39.7 Å². The van der Waals surface area contributed by atoms with Crippen LogP contribution in [0.3, 0.4) is 0 Å². The molecule has 0 radical (unpaired) electrons. The van der Waals surface area contributed by atoms with E-state index in [1.807, 2.05) is 0 Å². The van der Waals surface area contributed by atoms with E-state index in [1.54, 1.807) is 25.1 Å². The fourth-order valence-electron chi connectivity index (χ4n) is 2.37. The summed E-state index contributed by atoms with van der Waals surface area (Å²) in [5.41, 5.74) is -0.829. The van der Waals surface area contributed by atoms with Crippen molar-refractivity contribution in [3.63, 3.8) is 0 Å². The van der Waals surface area contributed by atoms with Gasteiger partial charge in [0.1, 0.15) is 5.82 Å². The Hall–Kier alpha value is -1.61. The summed E-state index contributed by atoms with van der Waals surface area (Å²) in [6.45, 7) is 1.15. The summed E-state index contributed by atoms with van der Waals surface area (Å²) < 4.78 is 41.2. The van der Waals surface area contributed by atoms with Gasteiger partial charge in [-0.2, -0.15) is 0 Å². The summed E-state index contributed by atoms with van der Waals surface area (Å²) >= 11 is 0.978. The third-order valence-corrected chi connectivity index (χ3v) is 6.42. The van der Waals surface area contributed by atoms with Crippen molar-refractivity contribution in [2.24, 2.45) is 0 Å². The van der Waals surface area contributed by atoms with E-state index in [0.717, 1.165) is 11.8 Å². The van der Waals surface area contributed by atoms with Crippen LogP contribution >= 0.6 is 11.8 Å². The van der Waals surface area contributed by atoms with Gasteiger partial charge in [0.15, 0.2) is 16.4 Å². The van der Waals surface area contributed by atoms with Gasteiger partial charge in [-0.25, -0.2) is 12.8 Å². The van der Waals surface area contributed by atoms with E-state index in [0.29, 0.717) is 11.3 Å². The molecule has 9 heteroatoms. The van der Waals surface area contributed by atoms with Crippen LogP contribution in [0, 0.1) is 5.82 Å². The van der Waals surface area contributed by atoms with Crippen molar-refractivity contribution in [2.45, 2.75) is 23.8 Å². The predicted octanol–water partition coefficient (Wildman–Crippen LogP) is 1.15. The highest BCUT2D eigenvalue weighted by Gasteiger charge is 2.39. The molecule has 1 aromatic carbocycles. The fourth-order valence-corrected chi connectivity index (χ4v) is 5.20. The van der Waals surface area contributed by atoms with Crippen molar-refractivity contribution < 1.29 is 27.1 Å². The molecule has 0 unspecified atom stereocenters. The minimum atomic E-state index is -3.14. The standard InChI is InChI=1S/C15H18FNO5S2/c1-15(6-7-24(20,21)10-15)17-13(18)8-22-14(19)9-23-12-5-3-2-4-11(12)16/h2-5H,6-10H2,1H3,(H,17,18)/t15-/m1/s1. The number of carbonyl (C=O) groups is 2. The van der Waals surface area contributed by atoms with Gasteiger partial charge < -0.3 is 10.1 Å². The number of rotatable bonds is 6. The number of sulfone groups is 1. The second kappa shape index (κ2) is 7.52. The third kappa shape index (κ3) is 5.48. The first kappa shape index (κ1) is 18.7. The molecule has 1 fully saturated rings. The van der Waals surface area contributed by atoms with E-state index in [1.165, 1.54) is 6.07 Å². The maximum Gasteiger partial charge on any atom is 0.316 e. The summed E-state index contributed by atoms with van der Waals surface area (Å²) in [5, 5.41) is 2.59. The van der Waals surface area contributed by atoms with Gasteiger partial charge in [-0.3, -0.25) is 9.59 Å². The summed E-state index contributed by atoms with van der Waals surface area (Å²) in [6.07, 6.45) is 0.332. The van der Waals surface area contributed by atoms with E-state index in [4.69, 9.17) is 4.74 Å². The van der Waals surface area contributed by atoms with Crippen molar-refractivity contribution in [1.82, 2.24) is 5.32 Å². The van der Waals surface area contributed by atoms with Gasteiger partial charge in [0.05, 0.1) is 22.8 Å². The number of esters is 1. The topological polar surface area (TPSA) is 89.5 Å². The second-order valence-corrected chi connectivity index (χ2v) is 9.03. The molecule has 1 aliphatic rings. The van der Waals surface area contributed by atoms with E-state index in [-0.39, 0.29) is 17.3 Å². The highest BCUT2D eigenvalue weighted by molar-refractivity contribution is 8.00. The summed E-state index contributed by atoms with van der Waals surface area (Å²) in [6, 6.07) is 6.03. The molecule has 1 heterocycles. The second-order valence-electron chi connectivity index (χ2n) is 5.83. The molecule has 2 rings (SSSR count). The normalized spacial score (nSPS) is 22.1. The molecule has 1 amide bonds. The molecule has 0 bridgehead atoms. The smallest absolute Gasteiger partial charge is 0.316 e. The molecular weight excluding hydrogens is 357 g/mol. The van der Waals surface area contributed by atoms with Crippen molar-refractivity contribution in [1.29, 1.82) is 0 Å². The lowest BCUT2D eigenvalue weighted by molar-refractivity contribution is -0.146. The van der Waals surface area contributed by atoms with Crippen molar-refractivity contribution >= 4 is 33.5 Å². The van der Waals surface area contributed by atoms with Crippen molar-refractivity contribution in [2.75, 3.05) is 23.9 Å². The van der Waals surface area contributed by atoms with Gasteiger partial charge in [0.2, 0.25) is 0 Å². The van der Waals surface area contributed by atoms with Gasteiger partial charge in [-0.1, -0.05) is 12.1 Å². The van der Waals surface area contributed by atoms with E-state index in [2.05, 4.69) is 5.32 Å². The van der Waals surface area contributed by atoms with Gasteiger partial charge >= 0.3 is 5.97 Å². The number of carbonyl (C=O) groups excluding carboxylic acids is 2. The fraction of sp³-hybridized carbons (Fsp3) is 0.467. The maximum absolute atomic E-state index is 13.4. The van der Waals surface area contributed by atoms with E-state index in [9.17, 15) is 22.4 Å². The summed E-state index contributed by atoms with van der Waals surface area (Å²) in [7, 11) is -3.14. The number of amides is 1. The number of ether oxygens (including phenoxy) is 1. The highest BCUT2D eigenvalue weighted by atomic mass is 32.2. The Balaban J connectivity index is 1.74. The number of hydrogen-bond acceptors (Lipinski definition) is 6. The number of benzene rings is 1. The number of halogens is 1. The first-order valence-corrected chi connectivity index (χ1v) is 10.0. The van der Waals surface area contributed by atoms with Crippen LogP contribution in [0.4, 0.5) is 4.39 Å². The Labute approximate surface area is 144 Å². The Kier molecular flexibility index (Phi) is 5.87. The molecule has 24 heavy (non-hydrogen) atoms. The molecule has 1 atom stereocenters. The molecule has 1 saturated heterocycles. The lowest BCUT2D eigenvalue weighted by Gasteiger charge is -2.23. The van der Waals surface area contributed by atoms with Crippen LogP contribution < -0.4 is 5.32 Å². The van der Waals surface area contributed by atoms with Gasteiger partial charge in [0, 0.05) is 4.90 Å². The molecule has 6 nitrogen and oxygen atoms in total. The SMILES string of the molecule is C[C@@]1(NC(=O)COC(=O)CSc2ccccc2F)CCS(=O)(=O)C1. The number of thioether (sulfide) groups is 1. The predicted molar refractivity (Wildman–Crippen MR) is 87.9 cm³/mol. The Morgan fingerprint density at radius 2 is 2.08 bits per heavy atom. The quantitative estimate of drug-likeness (QED) is 0.593. The first-order valence-electron chi connectivity index (χ1n) is 7.24. The largest absolute Gasteiger partial charge is 0.455 e. The molecule has 1 aromatic rings. The minimum absolute atomic E-state index is 0.0306. The number of nitrogens with one attached hydrogen (secondary N) is 1. The maximum atomic E-state index is 13.4. The van der Waals surface area contributed by atoms with Crippen molar-refractivity contribution in [3.8, 4) is 0 Å². The highest BCUT2D eigenvalue weighted by Crippen LogP contribution is 2.23. The molecular formula is C15H18FNO5S2. The summed E-state index contributed by atoms with van der Waals surface area (Å²) in [5.74, 6) is -1.85. The Bertz CT molecular complexity index is 737. The zero-order valence-corrected chi connectivity index (χ0v) is 14.7. The zero-order valence-electron chi connectivity index (χ0n) is 13.1. The minimum Gasteiger partial charge on any atom is -0.455 e. The lowest BCUT2D eigenvalue weighted by atomic mass is 10.0. The molecule has 1 aliphatic heterocycles. The molecule has 1 N–H and O–H groups in total. The third-order valence-electron chi connectivity index (χ3n) is 3.49. The molecule has 132 valence electrons. The van der Waals surface area contributed by atoms with Crippen molar-refractivity contribution in [3.05, 3.63) is 30.1 Å². The molecule has 0 aromatic heterocycles. The molecule has 0 aliphatic carbocycles. The summed E-state index contributed by atoms with van der Waals surface area (Å²) in [4.78, 5) is 23.7. The Morgan fingerprint density at radius 1 is 1.38 bits per heavy atom. The monoisotopic (exact) mass is 375 g/mol. The van der Waals surface area contributed by atoms with Crippen LogP contribution in [0.25, 0.3) is 0 Å². The van der Waals surface area contributed by atoms with Crippen LogP contribution in [-0.4, -0.2) is 49.7 Å². The van der Waals surface area contributed by atoms with Crippen LogP contribution in [0.15, 0.2) is 29.2 Å².